The zero-order valence-electron chi connectivity index (χ0n) is 16.1. The van der Waals surface area contributed by atoms with Crippen LogP contribution in [0.15, 0.2) is 0 Å². The Morgan fingerprint density at radius 1 is 0.406 bits per heavy atom. The largest absolute Gasteiger partial charge is 0.453 e. The highest BCUT2D eigenvalue weighted by molar-refractivity contribution is 6.76. The molecule has 32 heavy (non-hydrogen) atoms. The van der Waals surface area contributed by atoms with Crippen LogP contribution in [0.1, 0.15) is 38.5 Å². The first-order valence-corrected chi connectivity index (χ1v) is 11.7. The molecule has 0 atom stereocenters. The Hall–Kier alpha value is -0.873. The lowest BCUT2D eigenvalue weighted by Crippen LogP contribution is -2.47. The highest BCUT2D eigenvalue weighted by Gasteiger charge is 2.58. The van der Waals surface area contributed by atoms with Crippen molar-refractivity contribution in [2.24, 2.45) is 5.40 Å². The first-order valence-electron chi connectivity index (χ1n) is 8.99. The lowest BCUT2D eigenvalue weighted by molar-refractivity contribution is -0.284. The molecule has 17 heteroatoms. The van der Waals surface area contributed by atoms with E-state index < -0.39 is 101 Å². The molecule has 0 spiro atoms. The summed E-state index contributed by atoms with van der Waals surface area (Å²) in [5.41, 5.74) is 0. The summed E-state index contributed by atoms with van der Waals surface area (Å²) in [7, 11) is -3.83. The van der Waals surface area contributed by atoms with Crippen LogP contribution in [0, 0.1) is 0 Å². The van der Waals surface area contributed by atoms with Gasteiger partial charge in [0.1, 0.15) is 8.24 Å². The van der Waals surface area contributed by atoms with E-state index in [1.807, 2.05) is 0 Å². The van der Waals surface area contributed by atoms with Gasteiger partial charge in [-0.3, -0.25) is 0 Å². The molecule has 0 aliphatic carbocycles. The molecule has 0 aliphatic rings. The SMILES string of the molecule is N[Si](CCCC(F)(F)C(F)(F)F)(CCCC(F)(F)C(F)(F)F)CCCC(F)(F)C(F)(F)F. The van der Waals surface area contributed by atoms with Crippen molar-refractivity contribution in [3.05, 3.63) is 0 Å². The molecule has 0 aromatic heterocycles. The minimum absolute atomic E-state index is 0.728. The van der Waals surface area contributed by atoms with Crippen molar-refractivity contribution in [3.63, 3.8) is 0 Å². The fraction of sp³-hybridized carbons (Fsp3) is 1.00. The molecule has 0 radical (unpaired) electrons. The van der Waals surface area contributed by atoms with Gasteiger partial charge in [0.25, 0.3) is 0 Å². The van der Waals surface area contributed by atoms with Crippen LogP contribution in [-0.4, -0.2) is 44.5 Å². The average molecular weight is 527 g/mol. The molecule has 0 heterocycles. The van der Waals surface area contributed by atoms with Crippen LogP contribution in [0.5, 0.6) is 0 Å². The van der Waals surface area contributed by atoms with Crippen LogP contribution < -0.4 is 5.40 Å². The number of hydrogen-bond acceptors (Lipinski definition) is 1. The van der Waals surface area contributed by atoms with Crippen LogP contribution in [0.25, 0.3) is 0 Å². The predicted molar refractivity (Wildman–Crippen MR) is 85.1 cm³/mol. The third-order valence-corrected chi connectivity index (χ3v) is 8.79. The Kier molecular flexibility index (Phi) is 9.89. The highest BCUT2D eigenvalue weighted by Crippen LogP contribution is 2.43. The van der Waals surface area contributed by atoms with Crippen molar-refractivity contribution in [1.29, 1.82) is 0 Å². The van der Waals surface area contributed by atoms with Crippen molar-refractivity contribution < 1.29 is 65.9 Å². The van der Waals surface area contributed by atoms with Gasteiger partial charge in [0.05, 0.1) is 0 Å². The number of rotatable bonds is 12. The first kappa shape index (κ1) is 31.1. The standard InChI is InChI=1S/C15H20F15NSi/c16-10(17,13(22,23)24)4-1-7-32(31,8-2-5-11(18,19)14(25,26)27)9-3-6-12(20,21)15(28,29)30/h1-9,31H2. The second-order valence-corrected chi connectivity index (χ2v) is 11.8. The quantitative estimate of drug-likeness (QED) is 0.203. The maximum absolute atomic E-state index is 13.0. The van der Waals surface area contributed by atoms with E-state index in [4.69, 9.17) is 5.40 Å². The van der Waals surface area contributed by atoms with Crippen molar-refractivity contribution in [2.75, 3.05) is 0 Å². The maximum atomic E-state index is 13.0. The van der Waals surface area contributed by atoms with Crippen LogP contribution in [-0.2, 0) is 0 Å². The molecule has 0 amide bonds. The molecule has 0 unspecified atom stereocenters. The van der Waals surface area contributed by atoms with E-state index in [1.54, 1.807) is 0 Å². The van der Waals surface area contributed by atoms with Crippen molar-refractivity contribution in [3.8, 4) is 0 Å². The van der Waals surface area contributed by atoms with E-state index >= 15 is 0 Å². The summed E-state index contributed by atoms with van der Waals surface area (Å²) in [4.78, 5) is 0. The van der Waals surface area contributed by atoms with Crippen LogP contribution in [0.2, 0.25) is 18.1 Å². The molecule has 0 bridgehead atoms. The van der Waals surface area contributed by atoms with Crippen molar-refractivity contribution >= 4 is 8.24 Å². The highest BCUT2D eigenvalue weighted by atomic mass is 28.3. The molecule has 0 saturated carbocycles. The summed E-state index contributed by atoms with van der Waals surface area (Å²) in [5, 5.41) is 5.77. The molecule has 2 N–H and O–H groups in total. The van der Waals surface area contributed by atoms with Gasteiger partial charge < -0.3 is 5.40 Å². The molecule has 0 saturated heterocycles. The average Bonchev–Trinajstić information content (AvgIpc) is 2.50. The fourth-order valence-corrected chi connectivity index (χ4v) is 6.18. The van der Waals surface area contributed by atoms with Crippen LogP contribution >= 0.6 is 0 Å². The topological polar surface area (TPSA) is 26.0 Å². The van der Waals surface area contributed by atoms with Gasteiger partial charge in [-0.25, -0.2) is 0 Å². The van der Waals surface area contributed by atoms with Crippen LogP contribution in [0.4, 0.5) is 65.9 Å². The maximum Gasteiger partial charge on any atom is 0.453 e. The Bertz CT molecular complexity index is 500. The summed E-state index contributed by atoms with van der Waals surface area (Å²) in [5.74, 6) is -15.5. The third kappa shape index (κ3) is 9.17. The van der Waals surface area contributed by atoms with Gasteiger partial charge in [0.2, 0.25) is 0 Å². The van der Waals surface area contributed by atoms with E-state index in [0.29, 0.717) is 0 Å². The Morgan fingerprint density at radius 2 is 0.594 bits per heavy atom. The van der Waals surface area contributed by atoms with E-state index in [9.17, 15) is 65.9 Å². The van der Waals surface area contributed by atoms with Gasteiger partial charge in [-0.05, 0) is 37.4 Å². The van der Waals surface area contributed by atoms with Crippen molar-refractivity contribution in [1.82, 2.24) is 0 Å². The first-order chi connectivity index (χ1) is 13.9. The molecule has 0 rings (SSSR count). The van der Waals surface area contributed by atoms with Gasteiger partial charge >= 0.3 is 36.3 Å². The molecule has 0 aromatic rings. The Morgan fingerprint density at radius 3 is 0.750 bits per heavy atom. The molecule has 1 nitrogen and oxygen atoms in total. The zero-order chi connectivity index (χ0) is 25.9. The van der Waals surface area contributed by atoms with Gasteiger partial charge in [-0.1, -0.05) is 0 Å². The molecule has 0 fully saturated rings. The van der Waals surface area contributed by atoms with Gasteiger partial charge in [0.15, 0.2) is 0 Å². The monoisotopic (exact) mass is 527 g/mol. The second-order valence-electron chi connectivity index (χ2n) is 7.53. The lowest BCUT2D eigenvalue weighted by atomic mass is 10.2. The smallest absolute Gasteiger partial charge is 0.351 e. The van der Waals surface area contributed by atoms with Gasteiger partial charge in [-0.15, -0.1) is 0 Å². The van der Waals surface area contributed by atoms with E-state index in [0.717, 1.165) is 0 Å². The number of halogens is 15. The molecule has 0 aromatic carbocycles. The molecular formula is C15H20F15NSi. The molecule has 194 valence electrons. The molecule has 0 aliphatic heterocycles. The van der Waals surface area contributed by atoms with E-state index in [-0.39, 0.29) is 0 Å². The third-order valence-electron chi connectivity index (χ3n) is 4.74. The minimum Gasteiger partial charge on any atom is -0.351 e. The number of nitrogens with two attached hydrogens (primary N) is 1. The minimum atomic E-state index is -5.94. The van der Waals surface area contributed by atoms with Crippen LogP contribution in [0.3, 0.4) is 0 Å². The Labute approximate surface area is 173 Å². The number of alkyl halides is 15. The van der Waals surface area contributed by atoms with Crippen molar-refractivity contribution in [2.45, 2.75) is 93.0 Å². The zero-order valence-corrected chi connectivity index (χ0v) is 17.1. The second kappa shape index (κ2) is 10.2. The predicted octanol–water partition coefficient (Wildman–Crippen LogP) is 7.82. The van der Waals surface area contributed by atoms with Gasteiger partial charge in [-0.2, -0.15) is 65.9 Å². The summed E-state index contributed by atoms with van der Waals surface area (Å²) in [6.07, 6.45) is -26.2. The molecular weight excluding hydrogens is 507 g/mol. The van der Waals surface area contributed by atoms with Gasteiger partial charge in [0, 0.05) is 19.3 Å². The van der Waals surface area contributed by atoms with E-state index in [2.05, 4.69) is 0 Å². The summed E-state index contributed by atoms with van der Waals surface area (Å²) in [6.45, 7) is 0. The summed E-state index contributed by atoms with van der Waals surface area (Å²) in [6, 6.07) is -2.18. The summed E-state index contributed by atoms with van der Waals surface area (Å²) < 4.78 is 188. The fourth-order valence-electron chi connectivity index (χ4n) is 2.79. The Balaban J connectivity index is 5.20. The summed E-state index contributed by atoms with van der Waals surface area (Å²) >= 11 is 0. The van der Waals surface area contributed by atoms with E-state index in [1.165, 1.54) is 0 Å². The number of hydrogen-bond donors (Lipinski definition) is 1. The normalized spacial score (nSPS) is 15.4. The lowest BCUT2D eigenvalue weighted by Gasteiger charge is -2.30.